The normalized spacial score (nSPS) is 10.4. The molecule has 0 aliphatic carbocycles. The van der Waals surface area contributed by atoms with E-state index >= 15 is 0 Å². The molecule has 0 saturated carbocycles. The third-order valence-corrected chi connectivity index (χ3v) is 3.30. The third kappa shape index (κ3) is 3.74. The summed E-state index contributed by atoms with van der Waals surface area (Å²) in [5, 5.41) is 2.77. The molecule has 3 aromatic rings. The predicted octanol–water partition coefficient (Wildman–Crippen LogP) is 1.82. The Hall–Kier alpha value is -3.15. The Labute approximate surface area is 132 Å². The quantitative estimate of drug-likeness (QED) is 0.780. The number of hydrogen-bond acceptors (Lipinski definition) is 4. The first kappa shape index (κ1) is 14.8. The molecule has 0 aliphatic rings. The van der Waals surface area contributed by atoms with Crippen molar-refractivity contribution in [2.45, 2.75) is 13.1 Å². The zero-order chi connectivity index (χ0) is 16.1. The number of rotatable bonds is 5. The Bertz CT molecular complexity index is 839. The molecule has 0 bridgehead atoms. The van der Waals surface area contributed by atoms with Crippen molar-refractivity contribution in [3.8, 4) is 11.5 Å². The van der Waals surface area contributed by atoms with Gasteiger partial charge in [-0.15, -0.1) is 0 Å². The molecule has 1 N–H and O–H groups in total. The maximum absolute atomic E-state index is 12.0. The van der Waals surface area contributed by atoms with Crippen molar-refractivity contribution in [3.63, 3.8) is 0 Å². The highest BCUT2D eigenvalue weighted by Gasteiger charge is 2.08. The number of nitrogens with one attached hydrogen (secondary N) is 1. The van der Waals surface area contributed by atoms with Gasteiger partial charge in [0.15, 0.2) is 5.76 Å². The standard InChI is InChI=1S/C17H15N3O3/c21-16(18-10-13-5-2-1-3-6-13)11-20-12-19-14(9-17(20)22)15-7-4-8-23-15/h1-9,12H,10-11H2,(H,18,21). The molecule has 1 aromatic carbocycles. The molecule has 0 saturated heterocycles. The fourth-order valence-corrected chi connectivity index (χ4v) is 2.11. The van der Waals surface area contributed by atoms with Crippen molar-refractivity contribution in [2.24, 2.45) is 0 Å². The van der Waals surface area contributed by atoms with E-state index in [4.69, 9.17) is 4.42 Å². The number of amides is 1. The molecule has 3 rings (SSSR count). The maximum Gasteiger partial charge on any atom is 0.254 e. The molecule has 1 amide bonds. The predicted molar refractivity (Wildman–Crippen MR) is 84.5 cm³/mol. The second-order valence-corrected chi connectivity index (χ2v) is 4.98. The number of hydrogen-bond donors (Lipinski definition) is 1. The van der Waals surface area contributed by atoms with E-state index < -0.39 is 0 Å². The van der Waals surface area contributed by atoms with E-state index in [-0.39, 0.29) is 18.0 Å². The van der Waals surface area contributed by atoms with Gasteiger partial charge in [-0.1, -0.05) is 30.3 Å². The van der Waals surface area contributed by atoms with E-state index in [0.717, 1.165) is 5.56 Å². The van der Waals surface area contributed by atoms with Crippen molar-refractivity contribution in [1.29, 1.82) is 0 Å². The van der Waals surface area contributed by atoms with Crippen molar-refractivity contribution >= 4 is 5.91 Å². The number of benzene rings is 1. The average Bonchev–Trinajstić information content (AvgIpc) is 3.10. The topological polar surface area (TPSA) is 77.1 Å². The largest absolute Gasteiger partial charge is 0.463 e. The summed E-state index contributed by atoms with van der Waals surface area (Å²) in [5.41, 5.74) is 1.14. The van der Waals surface area contributed by atoms with Crippen molar-refractivity contribution in [3.05, 3.63) is 77.0 Å². The summed E-state index contributed by atoms with van der Waals surface area (Å²) in [5.74, 6) is 0.270. The van der Waals surface area contributed by atoms with E-state index in [1.54, 1.807) is 12.1 Å². The molecule has 0 spiro atoms. The Morgan fingerprint density at radius 1 is 1.17 bits per heavy atom. The molecule has 2 heterocycles. The van der Waals surface area contributed by atoms with Crippen LogP contribution in [-0.4, -0.2) is 15.5 Å². The van der Waals surface area contributed by atoms with Crippen LogP contribution < -0.4 is 10.9 Å². The Balaban J connectivity index is 1.63. The van der Waals surface area contributed by atoms with Crippen LogP contribution in [0.1, 0.15) is 5.56 Å². The fourth-order valence-electron chi connectivity index (χ4n) is 2.11. The lowest BCUT2D eigenvalue weighted by Crippen LogP contribution is -2.31. The molecule has 116 valence electrons. The summed E-state index contributed by atoms with van der Waals surface area (Å²) < 4.78 is 6.45. The van der Waals surface area contributed by atoms with E-state index in [2.05, 4.69) is 10.3 Å². The van der Waals surface area contributed by atoms with Gasteiger partial charge in [-0.2, -0.15) is 0 Å². The SMILES string of the molecule is O=C(Cn1cnc(-c2ccco2)cc1=O)NCc1ccccc1. The van der Waals surface area contributed by atoms with Crippen LogP contribution in [0.2, 0.25) is 0 Å². The molecule has 0 unspecified atom stereocenters. The van der Waals surface area contributed by atoms with Gasteiger partial charge in [0.25, 0.3) is 5.56 Å². The summed E-state index contributed by atoms with van der Waals surface area (Å²) in [7, 11) is 0. The molecule has 6 heteroatoms. The van der Waals surface area contributed by atoms with Crippen LogP contribution in [0.25, 0.3) is 11.5 Å². The van der Waals surface area contributed by atoms with Gasteiger partial charge in [0, 0.05) is 12.6 Å². The van der Waals surface area contributed by atoms with E-state index in [0.29, 0.717) is 18.0 Å². The van der Waals surface area contributed by atoms with Crippen molar-refractivity contribution in [1.82, 2.24) is 14.9 Å². The lowest BCUT2D eigenvalue weighted by Gasteiger charge is -2.07. The van der Waals surface area contributed by atoms with Gasteiger partial charge in [-0.3, -0.25) is 14.2 Å². The highest BCUT2D eigenvalue weighted by molar-refractivity contribution is 5.75. The molecule has 6 nitrogen and oxygen atoms in total. The minimum atomic E-state index is -0.304. The maximum atomic E-state index is 12.0. The minimum absolute atomic E-state index is 0.0723. The van der Waals surface area contributed by atoms with Crippen LogP contribution in [0.3, 0.4) is 0 Å². The number of aromatic nitrogens is 2. The Morgan fingerprint density at radius 3 is 2.70 bits per heavy atom. The van der Waals surface area contributed by atoms with Gasteiger partial charge in [0.1, 0.15) is 12.2 Å². The summed E-state index contributed by atoms with van der Waals surface area (Å²) in [6, 6.07) is 14.4. The fraction of sp³-hybridized carbons (Fsp3) is 0.118. The number of furan rings is 1. The lowest BCUT2D eigenvalue weighted by molar-refractivity contribution is -0.121. The Morgan fingerprint density at radius 2 is 2.00 bits per heavy atom. The van der Waals surface area contributed by atoms with E-state index in [1.807, 2.05) is 30.3 Å². The molecule has 0 aliphatic heterocycles. The summed E-state index contributed by atoms with van der Waals surface area (Å²) in [4.78, 5) is 28.1. The number of carbonyl (C=O) groups excluding carboxylic acids is 1. The zero-order valence-corrected chi connectivity index (χ0v) is 12.3. The van der Waals surface area contributed by atoms with Gasteiger partial charge >= 0.3 is 0 Å². The van der Waals surface area contributed by atoms with Gasteiger partial charge in [0.05, 0.1) is 12.6 Å². The Kier molecular flexibility index (Phi) is 4.33. The molecule has 23 heavy (non-hydrogen) atoms. The molecular weight excluding hydrogens is 294 g/mol. The van der Waals surface area contributed by atoms with Crippen LogP contribution in [-0.2, 0) is 17.9 Å². The monoisotopic (exact) mass is 309 g/mol. The third-order valence-electron chi connectivity index (χ3n) is 3.30. The summed E-state index contributed by atoms with van der Waals surface area (Å²) in [6.07, 6.45) is 2.86. The summed E-state index contributed by atoms with van der Waals surface area (Å²) >= 11 is 0. The van der Waals surface area contributed by atoms with Gasteiger partial charge < -0.3 is 9.73 Å². The molecule has 0 atom stereocenters. The van der Waals surface area contributed by atoms with Crippen LogP contribution in [0.4, 0.5) is 0 Å². The summed E-state index contributed by atoms with van der Waals surface area (Å²) in [6.45, 7) is 0.351. The van der Waals surface area contributed by atoms with Gasteiger partial charge in [-0.25, -0.2) is 4.98 Å². The first-order valence-corrected chi connectivity index (χ1v) is 7.13. The molecule has 0 radical (unpaired) electrons. The van der Waals surface area contributed by atoms with Crippen LogP contribution in [0.5, 0.6) is 0 Å². The number of carbonyl (C=O) groups is 1. The van der Waals surface area contributed by atoms with Crippen molar-refractivity contribution < 1.29 is 9.21 Å². The van der Waals surface area contributed by atoms with Gasteiger partial charge in [-0.05, 0) is 17.7 Å². The zero-order valence-electron chi connectivity index (χ0n) is 12.3. The van der Waals surface area contributed by atoms with Crippen LogP contribution >= 0.6 is 0 Å². The number of nitrogens with zero attached hydrogens (tertiary/aromatic N) is 2. The van der Waals surface area contributed by atoms with Crippen molar-refractivity contribution in [2.75, 3.05) is 0 Å². The first-order chi connectivity index (χ1) is 11.2. The second kappa shape index (κ2) is 6.74. The minimum Gasteiger partial charge on any atom is -0.463 e. The lowest BCUT2D eigenvalue weighted by atomic mass is 10.2. The highest BCUT2D eigenvalue weighted by atomic mass is 16.3. The molecule has 2 aromatic heterocycles. The first-order valence-electron chi connectivity index (χ1n) is 7.13. The van der Waals surface area contributed by atoms with E-state index in [1.165, 1.54) is 23.2 Å². The van der Waals surface area contributed by atoms with Gasteiger partial charge in [0.2, 0.25) is 5.91 Å². The van der Waals surface area contributed by atoms with Crippen LogP contribution in [0.15, 0.2) is 70.3 Å². The molecular formula is C17H15N3O3. The smallest absolute Gasteiger partial charge is 0.254 e. The second-order valence-electron chi connectivity index (χ2n) is 4.98. The average molecular weight is 309 g/mol. The van der Waals surface area contributed by atoms with E-state index in [9.17, 15) is 9.59 Å². The van der Waals surface area contributed by atoms with Crippen LogP contribution in [0, 0.1) is 0 Å². The molecule has 0 fully saturated rings. The highest BCUT2D eigenvalue weighted by Crippen LogP contribution is 2.14.